The minimum Gasteiger partial charge on any atom is -0.387 e. The Hall–Kier alpha value is -0.860. The fourth-order valence-electron chi connectivity index (χ4n) is 3.54. The second kappa shape index (κ2) is 7.80. The maximum absolute atomic E-state index is 10.7. The smallest absolute Gasteiger partial charge is 0.0945 e. The Labute approximate surface area is 123 Å². The molecule has 1 fully saturated rings. The zero-order chi connectivity index (χ0) is 14.4. The monoisotopic (exact) mass is 275 g/mol. The van der Waals surface area contributed by atoms with E-state index in [9.17, 15) is 5.11 Å². The first-order valence-corrected chi connectivity index (χ1v) is 8.23. The van der Waals surface area contributed by atoms with Gasteiger partial charge in [0.25, 0.3) is 0 Å². The molecular formula is C18H29NO. The third-order valence-electron chi connectivity index (χ3n) is 4.74. The second-order valence-electron chi connectivity index (χ2n) is 6.10. The summed E-state index contributed by atoms with van der Waals surface area (Å²) in [5.74, 6) is 0.905. The predicted octanol–water partition coefficient (Wildman–Crippen LogP) is 4.01. The van der Waals surface area contributed by atoms with Gasteiger partial charge in [0.15, 0.2) is 0 Å². The lowest BCUT2D eigenvalue weighted by atomic mass is 9.90. The molecule has 0 aliphatic carbocycles. The lowest BCUT2D eigenvalue weighted by Crippen LogP contribution is -2.44. The van der Waals surface area contributed by atoms with Crippen molar-refractivity contribution in [2.24, 2.45) is 5.92 Å². The van der Waals surface area contributed by atoms with Crippen LogP contribution in [0.3, 0.4) is 0 Å². The molecule has 20 heavy (non-hydrogen) atoms. The molecule has 2 unspecified atom stereocenters. The van der Waals surface area contributed by atoms with Gasteiger partial charge in [-0.05, 0) is 43.8 Å². The van der Waals surface area contributed by atoms with Gasteiger partial charge in [0, 0.05) is 6.04 Å². The molecular weight excluding hydrogens is 246 g/mol. The lowest BCUT2D eigenvalue weighted by molar-refractivity contribution is 0.0251. The van der Waals surface area contributed by atoms with Crippen molar-refractivity contribution >= 4 is 0 Å². The van der Waals surface area contributed by atoms with E-state index in [1.165, 1.54) is 25.7 Å². The minimum atomic E-state index is -0.357. The fourth-order valence-corrected chi connectivity index (χ4v) is 3.54. The SMILES string of the molecule is CCCC1CCN(C(CC)C(O)c2ccccc2)CC1. The Morgan fingerprint density at radius 3 is 2.35 bits per heavy atom. The van der Waals surface area contributed by atoms with Gasteiger partial charge in [0.1, 0.15) is 0 Å². The van der Waals surface area contributed by atoms with Crippen LogP contribution in [0.4, 0.5) is 0 Å². The van der Waals surface area contributed by atoms with Gasteiger partial charge in [-0.15, -0.1) is 0 Å². The number of benzene rings is 1. The molecule has 0 aromatic heterocycles. The quantitative estimate of drug-likeness (QED) is 0.848. The summed E-state index contributed by atoms with van der Waals surface area (Å²) in [6.45, 7) is 6.76. The number of likely N-dealkylation sites (tertiary alicyclic amines) is 1. The summed E-state index contributed by atoms with van der Waals surface area (Å²) < 4.78 is 0. The molecule has 0 bridgehead atoms. The first-order valence-electron chi connectivity index (χ1n) is 8.23. The molecule has 1 aliphatic rings. The summed E-state index contributed by atoms with van der Waals surface area (Å²) in [5.41, 5.74) is 1.05. The zero-order valence-electron chi connectivity index (χ0n) is 13.0. The number of hydrogen-bond acceptors (Lipinski definition) is 2. The number of nitrogens with zero attached hydrogens (tertiary/aromatic N) is 1. The van der Waals surface area contributed by atoms with Gasteiger partial charge in [-0.2, -0.15) is 0 Å². The highest BCUT2D eigenvalue weighted by Gasteiger charge is 2.28. The maximum atomic E-state index is 10.7. The molecule has 2 atom stereocenters. The topological polar surface area (TPSA) is 23.5 Å². The van der Waals surface area contributed by atoms with E-state index in [0.29, 0.717) is 0 Å². The predicted molar refractivity (Wildman–Crippen MR) is 84.7 cm³/mol. The Balaban J connectivity index is 1.95. The standard InChI is InChI=1S/C18H29NO/c1-3-8-15-11-13-19(14-12-15)17(4-2)18(20)16-9-6-5-7-10-16/h5-7,9-10,15,17-18,20H,3-4,8,11-14H2,1-2H3. The highest BCUT2D eigenvalue weighted by Crippen LogP contribution is 2.29. The number of rotatable bonds is 6. The van der Waals surface area contributed by atoms with Crippen molar-refractivity contribution in [3.63, 3.8) is 0 Å². The molecule has 2 heteroatoms. The Morgan fingerprint density at radius 2 is 1.80 bits per heavy atom. The zero-order valence-corrected chi connectivity index (χ0v) is 13.0. The molecule has 1 aromatic rings. The number of piperidine rings is 1. The molecule has 1 saturated heterocycles. The van der Waals surface area contributed by atoms with E-state index in [0.717, 1.165) is 31.0 Å². The van der Waals surface area contributed by atoms with E-state index in [2.05, 4.69) is 18.7 Å². The van der Waals surface area contributed by atoms with Crippen molar-refractivity contribution in [2.45, 2.75) is 58.1 Å². The van der Waals surface area contributed by atoms with Crippen LogP contribution in [-0.4, -0.2) is 29.1 Å². The second-order valence-corrected chi connectivity index (χ2v) is 6.10. The van der Waals surface area contributed by atoms with Crippen LogP contribution in [0.2, 0.25) is 0 Å². The van der Waals surface area contributed by atoms with Crippen molar-refractivity contribution in [3.05, 3.63) is 35.9 Å². The van der Waals surface area contributed by atoms with E-state index >= 15 is 0 Å². The maximum Gasteiger partial charge on any atom is 0.0945 e. The van der Waals surface area contributed by atoms with Gasteiger partial charge in [-0.3, -0.25) is 4.90 Å². The molecule has 1 aromatic carbocycles. The lowest BCUT2D eigenvalue weighted by Gasteiger charge is -2.39. The summed E-state index contributed by atoms with van der Waals surface area (Å²) in [6.07, 6.45) is 5.91. The summed E-state index contributed by atoms with van der Waals surface area (Å²) in [7, 11) is 0. The van der Waals surface area contributed by atoms with Crippen molar-refractivity contribution in [2.75, 3.05) is 13.1 Å². The minimum absolute atomic E-state index is 0.264. The molecule has 1 N–H and O–H groups in total. The number of aliphatic hydroxyl groups excluding tert-OH is 1. The van der Waals surface area contributed by atoms with Crippen molar-refractivity contribution < 1.29 is 5.11 Å². The van der Waals surface area contributed by atoms with Crippen molar-refractivity contribution in [3.8, 4) is 0 Å². The average molecular weight is 275 g/mol. The van der Waals surface area contributed by atoms with Gasteiger partial charge in [-0.1, -0.05) is 57.0 Å². The Kier molecular flexibility index (Phi) is 6.06. The highest BCUT2D eigenvalue weighted by molar-refractivity contribution is 5.19. The largest absolute Gasteiger partial charge is 0.387 e. The van der Waals surface area contributed by atoms with Gasteiger partial charge in [0.05, 0.1) is 6.10 Å². The number of aliphatic hydroxyl groups is 1. The Bertz CT molecular complexity index is 370. The normalized spacial score (nSPS) is 20.8. The highest BCUT2D eigenvalue weighted by atomic mass is 16.3. The Morgan fingerprint density at radius 1 is 1.15 bits per heavy atom. The third kappa shape index (κ3) is 3.83. The molecule has 112 valence electrons. The molecule has 1 heterocycles. The van der Waals surface area contributed by atoms with E-state index < -0.39 is 0 Å². The van der Waals surface area contributed by atoms with Gasteiger partial charge >= 0.3 is 0 Å². The molecule has 1 aliphatic heterocycles. The van der Waals surface area contributed by atoms with Crippen LogP contribution in [-0.2, 0) is 0 Å². The molecule has 0 spiro atoms. The van der Waals surface area contributed by atoms with Crippen molar-refractivity contribution in [1.82, 2.24) is 4.90 Å². The van der Waals surface area contributed by atoms with Crippen LogP contribution >= 0.6 is 0 Å². The van der Waals surface area contributed by atoms with E-state index in [-0.39, 0.29) is 12.1 Å². The van der Waals surface area contributed by atoms with Crippen LogP contribution in [0.25, 0.3) is 0 Å². The molecule has 0 radical (unpaired) electrons. The van der Waals surface area contributed by atoms with Gasteiger partial charge in [-0.25, -0.2) is 0 Å². The average Bonchev–Trinajstić information content (AvgIpc) is 2.51. The van der Waals surface area contributed by atoms with Crippen LogP contribution in [0.5, 0.6) is 0 Å². The van der Waals surface area contributed by atoms with Gasteiger partial charge < -0.3 is 5.11 Å². The summed E-state index contributed by atoms with van der Waals surface area (Å²) >= 11 is 0. The van der Waals surface area contributed by atoms with Gasteiger partial charge in [0.2, 0.25) is 0 Å². The van der Waals surface area contributed by atoms with E-state index in [1.807, 2.05) is 30.3 Å². The fraction of sp³-hybridized carbons (Fsp3) is 0.667. The first-order chi connectivity index (χ1) is 9.76. The molecule has 2 nitrogen and oxygen atoms in total. The molecule has 0 saturated carbocycles. The summed E-state index contributed by atoms with van der Waals surface area (Å²) in [5, 5.41) is 10.7. The summed E-state index contributed by atoms with van der Waals surface area (Å²) in [4.78, 5) is 2.50. The molecule has 0 amide bonds. The van der Waals surface area contributed by atoms with Crippen LogP contribution in [0, 0.1) is 5.92 Å². The number of hydrogen-bond donors (Lipinski definition) is 1. The first kappa shape index (κ1) is 15.5. The van der Waals surface area contributed by atoms with E-state index in [4.69, 9.17) is 0 Å². The molecule has 2 rings (SSSR count). The third-order valence-corrected chi connectivity index (χ3v) is 4.74. The van der Waals surface area contributed by atoms with Crippen molar-refractivity contribution in [1.29, 1.82) is 0 Å². The van der Waals surface area contributed by atoms with Crippen LogP contribution < -0.4 is 0 Å². The van der Waals surface area contributed by atoms with E-state index in [1.54, 1.807) is 0 Å². The van der Waals surface area contributed by atoms with Crippen LogP contribution in [0.1, 0.15) is 57.6 Å². The van der Waals surface area contributed by atoms with Crippen LogP contribution in [0.15, 0.2) is 30.3 Å². The summed E-state index contributed by atoms with van der Waals surface area (Å²) in [6, 6.07) is 10.4.